The summed E-state index contributed by atoms with van der Waals surface area (Å²) in [4.78, 5) is 16.8. The van der Waals surface area contributed by atoms with Gasteiger partial charge in [0.15, 0.2) is 17.4 Å². The molecule has 0 unspecified atom stereocenters. The number of para-hydroxylation sites is 1. The van der Waals surface area contributed by atoms with Crippen molar-refractivity contribution in [3.05, 3.63) is 89.9 Å². The summed E-state index contributed by atoms with van der Waals surface area (Å²) < 4.78 is 16.9. The summed E-state index contributed by atoms with van der Waals surface area (Å²) >= 11 is 6.12. The number of benzene rings is 3. The number of amides is 1. The van der Waals surface area contributed by atoms with Gasteiger partial charge in [-0.1, -0.05) is 41.9 Å². The van der Waals surface area contributed by atoms with Crippen molar-refractivity contribution in [3.63, 3.8) is 0 Å². The van der Waals surface area contributed by atoms with Crippen molar-refractivity contribution in [1.29, 1.82) is 0 Å². The third kappa shape index (κ3) is 5.47. The van der Waals surface area contributed by atoms with Crippen LogP contribution in [0.3, 0.4) is 0 Å². The van der Waals surface area contributed by atoms with Crippen LogP contribution in [0.25, 0.3) is 11.3 Å². The Labute approximate surface area is 190 Å². The number of carbonyl (C=O) groups excluding carboxylic acids is 1. The van der Waals surface area contributed by atoms with Crippen molar-refractivity contribution in [2.45, 2.75) is 12.8 Å². The summed E-state index contributed by atoms with van der Waals surface area (Å²) in [6, 6.07) is 21.9. The number of ether oxygens (including phenoxy) is 2. The van der Waals surface area contributed by atoms with Gasteiger partial charge in [0.05, 0.1) is 19.0 Å². The van der Waals surface area contributed by atoms with Gasteiger partial charge < -0.3 is 19.2 Å². The van der Waals surface area contributed by atoms with Crippen LogP contribution in [-0.2, 0) is 11.2 Å². The molecule has 4 rings (SSSR count). The molecule has 7 heteroatoms. The number of aromatic nitrogens is 1. The van der Waals surface area contributed by atoms with E-state index in [-0.39, 0.29) is 12.3 Å². The van der Waals surface area contributed by atoms with Gasteiger partial charge in [-0.15, -0.1) is 0 Å². The predicted molar refractivity (Wildman–Crippen MR) is 123 cm³/mol. The van der Waals surface area contributed by atoms with E-state index in [1.165, 1.54) is 0 Å². The molecule has 0 fully saturated rings. The number of nitrogens with one attached hydrogen (secondary N) is 1. The highest BCUT2D eigenvalue weighted by Crippen LogP contribution is 2.32. The number of methoxy groups -OCH3 is 1. The van der Waals surface area contributed by atoms with Crippen LogP contribution in [0.4, 0.5) is 5.69 Å². The van der Waals surface area contributed by atoms with E-state index in [2.05, 4.69) is 10.3 Å². The number of halogens is 1. The molecule has 0 saturated heterocycles. The molecule has 0 aliphatic carbocycles. The summed E-state index contributed by atoms with van der Waals surface area (Å²) in [7, 11) is 1.61. The molecule has 4 aromatic rings. The first-order chi connectivity index (χ1) is 15.6. The molecule has 1 heterocycles. The monoisotopic (exact) mass is 448 g/mol. The van der Waals surface area contributed by atoms with Crippen molar-refractivity contribution in [2.24, 2.45) is 0 Å². The summed E-state index contributed by atoms with van der Waals surface area (Å²) in [6.45, 7) is 0. The maximum Gasteiger partial charge on any atom is 0.224 e. The number of rotatable bonds is 8. The minimum Gasteiger partial charge on any atom is -0.497 e. The molecule has 0 radical (unpaired) electrons. The Balaban J connectivity index is 1.39. The zero-order valence-electron chi connectivity index (χ0n) is 17.4. The fraction of sp³-hybridized carbons (Fsp3) is 0.120. The first-order valence-corrected chi connectivity index (χ1v) is 10.4. The molecule has 1 aromatic heterocycles. The van der Waals surface area contributed by atoms with Crippen molar-refractivity contribution in [3.8, 4) is 28.6 Å². The smallest absolute Gasteiger partial charge is 0.224 e. The average molecular weight is 449 g/mol. The van der Waals surface area contributed by atoms with Gasteiger partial charge in [-0.3, -0.25) is 4.79 Å². The average Bonchev–Trinajstić information content (AvgIpc) is 3.29. The van der Waals surface area contributed by atoms with Crippen LogP contribution in [0.15, 0.2) is 83.4 Å². The Kier molecular flexibility index (Phi) is 6.72. The van der Waals surface area contributed by atoms with E-state index >= 15 is 0 Å². The number of aryl methyl sites for hydroxylation is 1. The Morgan fingerprint density at radius 1 is 1.03 bits per heavy atom. The molecule has 1 N–H and O–H groups in total. The highest BCUT2D eigenvalue weighted by Gasteiger charge is 2.13. The number of carbonyl (C=O) groups is 1. The highest BCUT2D eigenvalue weighted by atomic mass is 35.5. The van der Waals surface area contributed by atoms with Crippen LogP contribution in [0.1, 0.15) is 12.3 Å². The number of hydrogen-bond donors (Lipinski definition) is 1. The van der Waals surface area contributed by atoms with E-state index in [1.54, 1.807) is 31.5 Å². The summed E-state index contributed by atoms with van der Waals surface area (Å²) in [6.07, 6.45) is 2.19. The number of oxazole rings is 1. The SMILES string of the molecule is COc1cccc(-c2cnc(CCC(=O)Nc3cc(Cl)ccc3Oc3ccccc3)o2)c1. The first-order valence-electron chi connectivity index (χ1n) is 10.0. The molecule has 0 spiro atoms. The van der Waals surface area contributed by atoms with Gasteiger partial charge in [0.25, 0.3) is 0 Å². The Morgan fingerprint density at radius 2 is 1.84 bits per heavy atom. The lowest BCUT2D eigenvalue weighted by molar-refractivity contribution is -0.116. The second kappa shape index (κ2) is 10.0. The van der Waals surface area contributed by atoms with Crippen molar-refractivity contribution >= 4 is 23.2 Å². The van der Waals surface area contributed by atoms with Crippen LogP contribution in [0.2, 0.25) is 5.02 Å². The second-order valence-corrected chi connectivity index (χ2v) is 7.39. The molecule has 0 bridgehead atoms. The van der Waals surface area contributed by atoms with Gasteiger partial charge in [-0.05, 0) is 42.5 Å². The van der Waals surface area contributed by atoms with Gasteiger partial charge >= 0.3 is 0 Å². The lowest BCUT2D eigenvalue weighted by atomic mass is 10.2. The maximum atomic E-state index is 12.6. The zero-order chi connectivity index (χ0) is 22.3. The zero-order valence-corrected chi connectivity index (χ0v) is 18.1. The predicted octanol–water partition coefficient (Wildman–Crippen LogP) is 6.37. The van der Waals surface area contributed by atoms with E-state index in [9.17, 15) is 4.79 Å². The normalized spacial score (nSPS) is 10.6. The second-order valence-electron chi connectivity index (χ2n) is 6.95. The van der Waals surface area contributed by atoms with E-state index in [0.717, 1.165) is 11.3 Å². The summed E-state index contributed by atoms with van der Waals surface area (Å²) in [5.41, 5.74) is 1.35. The molecule has 162 valence electrons. The lowest BCUT2D eigenvalue weighted by Crippen LogP contribution is -2.13. The van der Waals surface area contributed by atoms with Crippen LogP contribution in [-0.4, -0.2) is 18.0 Å². The summed E-state index contributed by atoms with van der Waals surface area (Å²) in [5, 5.41) is 3.36. The van der Waals surface area contributed by atoms with E-state index in [4.69, 9.17) is 25.5 Å². The topological polar surface area (TPSA) is 73.6 Å². The van der Waals surface area contributed by atoms with Gasteiger partial charge in [-0.2, -0.15) is 0 Å². The Hall–Kier alpha value is -3.77. The maximum absolute atomic E-state index is 12.6. The molecule has 0 atom stereocenters. The quantitative estimate of drug-likeness (QED) is 0.339. The number of hydrogen-bond acceptors (Lipinski definition) is 5. The molecule has 3 aromatic carbocycles. The van der Waals surface area contributed by atoms with E-state index < -0.39 is 0 Å². The number of anilines is 1. The molecule has 0 aliphatic rings. The lowest BCUT2D eigenvalue weighted by Gasteiger charge is -2.12. The molecule has 0 saturated carbocycles. The van der Waals surface area contributed by atoms with Crippen molar-refractivity contribution in [2.75, 3.05) is 12.4 Å². The first kappa shape index (κ1) is 21.5. The van der Waals surface area contributed by atoms with Gasteiger partial charge in [0.2, 0.25) is 5.91 Å². The minimum absolute atomic E-state index is 0.190. The van der Waals surface area contributed by atoms with E-state index in [1.807, 2.05) is 54.6 Å². The third-order valence-electron chi connectivity index (χ3n) is 4.66. The third-order valence-corrected chi connectivity index (χ3v) is 4.90. The Morgan fingerprint density at radius 3 is 2.66 bits per heavy atom. The molecule has 32 heavy (non-hydrogen) atoms. The van der Waals surface area contributed by atoms with Crippen LogP contribution in [0, 0.1) is 0 Å². The van der Waals surface area contributed by atoms with Crippen LogP contribution in [0.5, 0.6) is 17.2 Å². The van der Waals surface area contributed by atoms with Crippen molar-refractivity contribution < 1.29 is 18.7 Å². The molecular weight excluding hydrogens is 428 g/mol. The fourth-order valence-electron chi connectivity index (χ4n) is 3.07. The Bertz CT molecular complexity index is 1210. The number of nitrogens with zero attached hydrogens (tertiary/aromatic N) is 1. The van der Waals surface area contributed by atoms with Gasteiger partial charge in [0.1, 0.15) is 11.5 Å². The molecule has 6 nitrogen and oxygen atoms in total. The highest BCUT2D eigenvalue weighted by molar-refractivity contribution is 6.31. The van der Waals surface area contributed by atoms with Gasteiger partial charge in [0, 0.05) is 23.4 Å². The van der Waals surface area contributed by atoms with E-state index in [0.29, 0.717) is 40.3 Å². The standard InChI is InChI=1S/C25H21ClN2O4/c1-30-20-9-5-6-17(14-20)23-16-27-25(32-23)13-12-24(29)28-21-15-18(26)10-11-22(21)31-19-7-3-2-4-8-19/h2-11,14-16H,12-13H2,1H3,(H,28,29). The minimum atomic E-state index is -0.202. The molecule has 1 amide bonds. The van der Waals surface area contributed by atoms with Crippen LogP contribution >= 0.6 is 11.6 Å². The van der Waals surface area contributed by atoms with Crippen molar-refractivity contribution in [1.82, 2.24) is 4.98 Å². The largest absolute Gasteiger partial charge is 0.497 e. The molecule has 0 aliphatic heterocycles. The van der Waals surface area contributed by atoms with Crippen LogP contribution < -0.4 is 14.8 Å². The fourth-order valence-corrected chi connectivity index (χ4v) is 3.25. The van der Waals surface area contributed by atoms with Gasteiger partial charge in [-0.25, -0.2) is 4.98 Å². The molecular formula is C25H21ClN2O4. The summed E-state index contributed by atoms with van der Waals surface area (Å²) in [5.74, 6) is 2.79.